The minimum atomic E-state index is -0.0617. The molecule has 0 aliphatic rings. The van der Waals surface area contributed by atoms with Crippen LogP contribution < -0.4 is 5.73 Å². The first-order chi connectivity index (χ1) is 6.29. The molecule has 3 heteroatoms. The number of hydrogen-bond donors (Lipinski definition) is 1. The summed E-state index contributed by atoms with van der Waals surface area (Å²) < 4.78 is 0. The zero-order valence-corrected chi connectivity index (χ0v) is 7.70. The molecule has 0 saturated heterocycles. The summed E-state index contributed by atoms with van der Waals surface area (Å²) in [6, 6.07) is 5.66. The molecule has 68 valence electrons. The fraction of sp³-hybridized carbons (Fsp3) is 0.400. The Morgan fingerprint density at radius 3 is 3.08 bits per heavy atom. The van der Waals surface area contributed by atoms with Gasteiger partial charge in [0.25, 0.3) is 0 Å². The Morgan fingerprint density at radius 1 is 1.69 bits per heavy atom. The van der Waals surface area contributed by atoms with Crippen LogP contribution in [0.3, 0.4) is 0 Å². The largest absolute Gasteiger partial charge is 0.324 e. The van der Waals surface area contributed by atoms with E-state index in [2.05, 4.69) is 11.9 Å². The first kappa shape index (κ1) is 9.69. The number of nitrogens with two attached hydrogens (primary N) is 1. The monoisotopic (exact) mass is 175 g/mol. The normalized spacial score (nSPS) is 12.1. The van der Waals surface area contributed by atoms with Gasteiger partial charge in [-0.1, -0.05) is 19.4 Å². The van der Waals surface area contributed by atoms with Gasteiger partial charge in [-0.2, -0.15) is 5.26 Å². The van der Waals surface area contributed by atoms with E-state index in [1.807, 2.05) is 18.2 Å². The van der Waals surface area contributed by atoms with Crippen LogP contribution in [0.1, 0.15) is 37.1 Å². The molecule has 0 aliphatic carbocycles. The predicted octanol–water partition coefficient (Wildman–Crippen LogP) is 1.75. The Bertz CT molecular complexity index is 314. The number of rotatable bonds is 3. The van der Waals surface area contributed by atoms with Gasteiger partial charge in [0, 0.05) is 17.8 Å². The highest BCUT2D eigenvalue weighted by atomic mass is 14.7. The molecule has 3 nitrogen and oxygen atoms in total. The average Bonchev–Trinajstić information content (AvgIpc) is 2.18. The molecule has 1 rings (SSSR count). The zero-order chi connectivity index (χ0) is 9.68. The Labute approximate surface area is 78.2 Å². The average molecular weight is 175 g/mol. The van der Waals surface area contributed by atoms with Gasteiger partial charge in [0.05, 0.1) is 0 Å². The molecule has 0 aromatic carbocycles. The number of hydrogen-bond acceptors (Lipinski definition) is 3. The lowest BCUT2D eigenvalue weighted by atomic mass is 10.0. The number of pyridine rings is 1. The van der Waals surface area contributed by atoms with Crippen molar-refractivity contribution in [2.45, 2.75) is 25.8 Å². The van der Waals surface area contributed by atoms with Gasteiger partial charge in [-0.15, -0.1) is 0 Å². The summed E-state index contributed by atoms with van der Waals surface area (Å²) in [5.41, 5.74) is 7.19. The molecule has 0 aliphatic heterocycles. The van der Waals surface area contributed by atoms with E-state index in [1.54, 1.807) is 6.20 Å². The third kappa shape index (κ3) is 2.27. The van der Waals surface area contributed by atoms with Gasteiger partial charge in [0.15, 0.2) is 0 Å². The molecule has 0 radical (unpaired) electrons. The maximum absolute atomic E-state index is 8.77. The topological polar surface area (TPSA) is 62.7 Å². The smallest absolute Gasteiger partial charge is 0.145 e. The second-order valence-corrected chi connectivity index (χ2v) is 2.95. The van der Waals surface area contributed by atoms with Crippen LogP contribution in [-0.2, 0) is 0 Å². The van der Waals surface area contributed by atoms with Crippen LogP contribution in [-0.4, -0.2) is 4.98 Å². The molecular formula is C10H13N3. The van der Waals surface area contributed by atoms with Crippen LogP contribution in [0.4, 0.5) is 0 Å². The van der Waals surface area contributed by atoms with E-state index in [9.17, 15) is 0 Å². The maximum Gasteiger partial charge on any atom is 0.145 e. The summed E-state index contributed by atoms with van der Waals surface area (Å²) in [5.74, 6) is 0. The number of aromatic nitrogens is 1. The van der Waals surface area contributed by atoms with Crippen LogP contribution >= 0.6 is 0 Å². The zero-order valence-electron chi connectivity index (χ0n) is 7.70. The van der Waals surface area contributed by atoms with Crippen molar-refractivity contribution in [2.24, 2.45) is 5.73 Å². The molecule has 0 unspecified atom stereocenters. The van der Waals surface area contributed by atoms with E-state index in [-0.39, 0.29) is 6.04 Å². The summed E-state index contributed by atoms with van der Waals surface area (Å²) in [7, 11) is 0. The van der Waals surface area contributed by atoms with Crippen molar-refractivity contribution < 1.29 is 0 Å². The minimum Gasteiger partial charge on any atom is -0.324 e. The van der Waals surface area contributed by atoms with E-state index >= 15 is 0 Å². The lowest BCUT2D eigenvalue weighted by Gasteiger charge is -2.10. The van der Waals surface area contributed by atoms with Gasteiger partial charge >= 0.3 is 0 Å². The molecule has 0 amide bonds. The van der Waals surface area contributed by atoms with Crippen LogP contribution in [0.15, 0.2) is 18.3 Å². The van der Waals surface area contributed by atoms with Crippen molar-refractivity contribution >= 4 is 0 Å². The van der Waals surface area contributed by atoms with Gasteiger partial charge in [-0.3, -0.25) is 0 Å². The maximum atomic E-state index is 8.77. The van der Waals surface area contributed by atoms with Crippen molar-refractivity contribution in [3.8, 4) is 6.07 Å². The van der Waals surface area contributed by atoms with Gasteiger partial charge in [0.1, 0.15) is 11.8 Å². The molecule has 0 fully saturated rings. The Kier molecular flexibility index (Phi) is 3.41. The van der Waals surface area contributed by atoms with Gasteiger partial charge in [-0.05, 0) is 12.5 Å². The second kappa shape index (κ2) is 4.58. The SMILES string of the molecule is CCC[C@H](N)c1cccnc1C#N. The third-order valence-electron chi connectivity index (χ3n) is 1.94. The predicted molar refractivity (Wildman–Crippen MR) is 50.8 cm³/mol. The van der Waals surface area contributed by atoms with Crippen molar-refractivity contribution in [2.75, 3.05) is 0 Å². The summed E-state index contributed by atoms with van der Waals surface area (Å²) in [5, 5.41) is 8.77. The van der Waals surface area contributed by atoms with E-state index < -0.39 is 0 Å². The lowest BCUT2D eigenvalue weighted by molar-refractivity contribution is 0.634. The van der Waals surface area contributed by atoms with Gasteiger partial charge in [-0.25, -0.2) is 4.98 Å². The molecular weight excluding hydrogens is 162 g/mol. The molecule has 1 heterocycles. The molecule has 1 aromatic heterocycles. The Hall–Kier alpha value is -1.40. The molecule has 13 heavy (non-hydrogen) atoms. The first-order valence-electron chi connectivity index (χ1n) is 4.40. The van der Waals surface area contributed by atoms with E-state index in [4.69, 9.17) is 11.0 Å². The minimum absolute atomic E-state index is 0.0617. The van der Waals surface area contributed by atoms with Gasteiger partial charge < -0.3 is 5.73 Å². The van der Waals surface area contributed by atoms with Crippen molar-refractivity contribution in [3.63, 3.8) is 0 Å². The van der Waals surface area contributed by atoms with E-state index in [1.165, 1.54) is 0 Å². The number of nitriles is 1. The molecule has 1 atom stereocenters. The van der Waals surface area contributed by atoms with Crippen LogP contribution in [0.2, 0.25) is 0 Å². The molecule has 0 saturated carbocycles. The quantitative estimate of drug-likeness (QED) is 0.761. The Morgan fingerprint density at radius 2 is 2.46 bits per heavy atom. The number of nitrogens with zero attached hydrogens (tertiary/aromatic N) is 2. The summed E-state index contributed by atoms with van der Waals surface area (Å²) >= 11 is 0. The molecule has 0 bridgehead atoms. The van der Waals surface area contributed by atoms with E-state index in [0.717, 1.165) is 18.4 Å². The highest BCUT2D eigenvalue weighted by Gasteiger charge is 2.09. The highest BCUT2D eigenvalue weighted by molar-refractivity contribution is 5.32. The Balaban J connectivity index is 2.93. The summed E-state index contributed by atoms with van der Waals surface area (Å²) in [6.45, 7) is 2.07. The van der Waals surface area contributed by atoms with Crippen LogP contribution in [0.25, 0.3) is 0 Å². The fourth-order valence-electron chi connectivity index (χ4n) is 1.28. The summed E-state index contributed by atoms with van der Waals surface area (Å²) in [4.78, 5) is 3.96. The van der Waals surface area contributed by atoms with Crippen LogP contribution in [0.5, 0.6) is 0 Å². The second-order valence-electron chi connectivity index (χ2n) is 2.95. The van der Waals surface area contributed by atoms with Crippen LogP contribution in [0, 0.1) is 11.3 Å². The third-order valence-corrected chi connectivity index (χ3v) is 1.94. The standard InChI is InChI=1S/C10H13N3/c1-2-4-9(12)8-5-3-6-13-10(8)7-11/h3,5-6,9H,2,4,12H2,1H3/t9-/m0/s1. The molecule has 1 aromatic rings. The van der Waals surface area contributed by atoms with Gasteiger partial charge in [0.2, 0.25) is 0 Å². The van der Waals surface area contributed by atoms with Crippen molar-refractivity contribution in [3.05, 3.63) is 29.6 Å². The van der Waals surface area contributed by atoms with E-state index in [0.29, 0.717) is 5.69 Å². The van der Waals surface area contributed by atoms with Crippen molar-refractivity contribution in [1.82, 2.24) is 4.98 Å². The van der Waals surface area contributed by atoms with Crippen molar-refractivity contribution in [1.29, 1.82) is 5.26 Å². The lowest BCUT2D eigenvalue weighted by Crippen LogP contribution is -2.12. The fourth-order valence-corrected chi connectivity index (χ4v) is 1.28. The molecule has 2 N–H and O–H groups in total. The molecule has 0 spiro atoms. The summed E-state index contributed by atoms with van der Waals surface area (Å²) in [6.07, 6.45) is 3.52. The highest BCUT2D eigenvalue weighted by Crippen LogP contribution is 2.17. The first-order valence-corrected chi connectivity index (χ1v) is 4.40.